The van der Waals surface area contributed by atoms with Gasteiger partial charge in [-0.2, -0.15) is 0 Å². The smallest absolute Gasteiger partial charge is 0.319 e. The summed E-state index contributed by atoms with van der Waals surface area (Å²) >= 11 is 0. The minimum Gasteiger partial charge on any atom is -0.338 e. The van der Waals surface area contributed by atoms with Crippen molar-refractivity contribution in [3.8, 4) is 0 Å². The Labute approximate surface area is 114 Å². The molecule has 104 valence electrons. The van der Waals surface area contributed by atoms with Gasteiger partial charge in [-0.05, 0) is 43.4 Å². The predicted octanol–water partition coefficient (Wildman–Crippen LogP) is 3.02. The molecule has 0 spiro atoms. The number of rotatable bonds is 4. The number of benzene rings is 1. The molecule has 0 aliphatic heterocycles. The molecule has 2 rings (SSSR count). The Morgan fingerprint density at radius 2 is 2.16 bits per heavy atom. The maximum Gasteiger partial charge on any atom is 0.319 e. The molecule has 1 saturated carbocycles. The quantitative estimate of drug-likeness (QED) is 0.780. The van der Waals surface area contributed by atoms with Crippen LogP contribution in [0.3, 0.4) is 0 Å². The Balaban J connectivity index is 1.82. The molecule has 0 aromatic heterocycles. The third kappa shape index (κ3) is 4.24. The van der Waals surface area contributed by atoms with E-state index >= 15 is 0 Å². The average Bonchev–Trinajstić information content (AvgIpc) is 2.90. The highest BCUT2D eigenvalue weighted by Gasteiger charge is 2.15. The molecule has 1 fully saturated rings. The lowest BCUT2D eigenvalue weighted by atomic mass is 10.1. The van der Waals surface area contributed by atoms with Crippen LogP contribution in [-0.2, 0) is 0 Å². The molecule has 19 heavy (non-hydrogen) atoms. The van der Waals surface area contributed by atoms with E-state index in [9.17, 15) is 4.79 Å². The van der Waals surface area contributed by atoms with Crippen LogP contribution in [0.4, 0.5) is 10.5 Å². The molecule has 2 amide bonds. The predicted molar refractivity (Wildman–Crippen MR) is 78.0 cm³/mol. The monoisotopic (exact) mass is 261 g/mol. The van der Waals surface area contributed by atoms with Crippen LogP contribution >= 0.6 is 0 Å². The lowest BCUT2D eigenvalue weighted by Gasteiger charge is -2.13. The van der Waals surface area contributed by atoms with Crippen molar-refractivity contribution in [2.24, 2.45) is 11.7 Å². The van der Waals surface area contributed by atoms with E-state index in [2.05, 4.69) is 10.6 Å². The number of carbonyl (C=O) groups is 1. The van der Waals surface area contributed by atoms with E-state index < -0.39 is 0 Å². The van der Waals surface area contributed by atoms with Crippen molar-refractivity contribution in [2.45, 2.75) is 38.6 Å². The Morgan fingerprint density at radius 3 is 2.84 bits per heavy atom. The van der Waals surface area contributed by atoms with Crippen LogP contribution in [0.25, 0.3) is 0 Å². The van der Waals surface area contributed by atoms with E-state index in [1.165, 1.54) is 25.7 Å². The third-order valence-electron chi connectivity index (χ3n) is 3.70. The van der Waals surface area contributed by atoms with Crippen molar-refractivity contribution >= 4 is 11.7 Å². The number of urea groups is 1. The minimum atomic E-state index is -0.131. The molecule has 1 unspecified atom stereocenters. The van der Waals surface area contributed by atoms with Gasteiger partial charge in [-0.15, -0.1) is 0 Å². The van der Waals surface area contributed by atoms with Gasteiger partial charge < -0.3 is 16.4 Å². The standard InChI is InChI=1S/C15H23N3O/c1-11(16)13-7-4-8-14(9-13)18-15(19)17-10-12-5-2-3-6-12/h4,7-9,11-12H,2-3,5-6,10,16H2,1H3,(H2,17,18,19). The van der Waals surface area contributed by atoms with E-state index in [1.807, 2.05) is 31.2 Å². The lowest BCUT2D eigenvalue weighted by Crippen LogP contribution is -2.32. The summed E-state index contributed by atoms with van der Waals surface area (Å²) in [7, 11) is 0. The molecule has 0 radical (unpaired) electrons. The normalized spacial score (nSPS) is 17.2. The zero-order chi connectivity index (χ0) is 13.7. The van der Waals surface area contributed by atoms with E-state index in [0.29, 0.717) is 5.92 Å². The lowest BCUT2D eigenvalue weighted by molar-refractivity contribution is 0.250. The Kier molecular flexibility index (Phi) is 4.80. The summed E-state index contributed by atoms with van der Waals surface area (Å²) < 4.78 is 0. The zero-order valence-electron chi connectivity index (χ0n) is 11.5. The molecular weight excluding hydrogens is 238 g/mol. The van der Waals surface area contributed by atoms with E-state index in [1.54, 1.807) is 0 Å². The molecule has 0 heterocycles. The number of nitrogens with one attached hydrogen (secondary N) is 2. The minimum absolute atomic E-state index is 0.0247. The van der Waals surface area contributed by atoms with Crippen molar-refractivity contribution in [1.29, 1.82) is 0 Å². The van der Waals surface area contributed by atoms with Gasteiger partial charge in [0.05, 0.1) is 0 Å². The van der Waals surface area contributed by atoms with Gasteiger partial charge in [0.25, 0.3) is 0 Å². The van der Waals surface area contributed by atoms with Crippen LogP contribution in [0, 0.1) is 5.92 Å². The maximum absolute atomic E-state index is 11.8. The van der Waals surface area contributed by atoms with Crippen molar-refractivity contribution in [3.05, 3.63) is 29.8 Å². The third-order valence-corrected chi connectivity index (χ3v) is 3.70. The van der Waals surface area contributed by atoms with E-state index in [-0.39, 0.29) is 12.1 Å². The molecule has 1 aliphatic rings. The van der Waals surface area contributed by atoms with E-state index in [0.717, 1.165) is 17.8 Å². The highest BCUT2D eigenvalue weighted by Crippen LogP contribution is 2.23. The van der Waals surface area contributed by atoms with Crippen LogP contribution < -0.4 is 16.4 Å². The molecular formula is C15H23N3O. The Hall–Kier alpha value is -1.55. The van der Waals surface area contributed by atoms with Gasteiger partial charge in [0.1, 0.15) is 0 Å². The van der Waals surface area contributed by atoms with Gasteiger partial charge in [-0.25, -0.2) is 4.79 Å². The molecule has 1 aromatic rings. The van der Waals surface area contributed by atoms with Crippen molar-refractivity contribution in [2.75, 3.05) is 11.9 Å². The molecule has 0 saturated heterocycles. The first-order chi connectivity index (χ1) is 9.15. The summed E-state index contributed by atoms with van der Waals surface area (Å²) in [6, 6.07) is 7.51. The summed E-state index contributed by atoms with van der Waals surface area (Å²) in [4.78, 5) is 11.8. The number of carbonyl (C=O) groups excluding carboxylic acids is 1. The summed E-state index contributed by atoms with van der Waals surface area (Å²) in [5.41, 5.74) is 7.64. The second-order valence-corrected chi connectivity index (χ2v) is 5.40. The zero-order valence-corrected chi connectivity index (χ0v) is 11.5. The Bertz CT molecular complexity index is 425. The first-order valence-corrected chi connectivity index (χ1v) is 7.05. The molecule has 0 bridgehead atoms. The number of anilines is 1. The van der Waals surface area contributed by atoms with Gasteiger partial charge in [0.2, 0.25) is 0 Å². The first kappa shape index (κ1) is 13.9. The molecule has 4 N–H and O–H groups in total. The second kappa shape index (κ2) is 6.57. The number of nitrogens with two attached hydrogens (primary N) is 1. The molecule has 1 atom stereocenters. The topological polar surface area (TPSA) is 67.1 Å². The van der Waals surface area contributed by atoms with Gasteiger partial charge >= 0.3 is 6.03 Å². The number of amides is 2. The van der Waals surface area contributed by atoms with Crippen LogP contribution in [0.2, 0.25) is 0 Å². The van der Waals surface area contributed by atoms with Crippen molar-refractivity contribution in [3.63, 3.8) is 0 Å². The second-order valence-electron chi connectivity index (χ2n) is 5.40. The summed E-state index contributed by atoms with van der Waals surface area (Å²) in [6.45, 7) is 2.71. The highest BCUT2D eigenvalue weighted by molar-refractivity contribution is 5.89. The number of hydrogen-bond donors (Lipinski definition) is 3. The van der Waals surface area contributed by atoms with Gasteiger partial charge in [-0.1, -0.05) is 25.0 Å². The first-order valence-electron chi connectivity index (χ1n) is 7.05. The Morgan fingerprint density at radius 1 is 1.42 bits per heavy atom. The largest absolute Gasteiger partial charge is 0.338 e. The fraction of sp³-hybridized carbons (Fsp3) is 0.533. The number of hydrogen-bond acceptors (Lipinski definition) is 2. The van der Waals surface area contributed by atoms with Crippen LogP contribution in [0.15, 0.2) is 24.3 Å². The van der Waals surface area contributed by atoms with Gasteiger partial charge in [0, 0.05) is 18.3 Å². The SMILES string of the molecule is CC(N)c1cccc(NC(=O)NCC2CCCC2)c1. The van der Waals surface area contributed by atoms with Crippen LogP contribution in [-0.4, -0.2) is 12.6 Å². The van der Waals surface area contributed by atoms with Gasteiger partial charge in [-0.3, -0.25) is 0 Å². The van der Waals surface area contributed by atoms with Crippen LogP contribution in [0.1, 0.15) is 44.2 Å². The van der Waals surface area contributed by atoms with Crippen LogP contribution in [0.5, 0.6) is 0 Å². The average molecular weight is 261 g/mol. The fourth-order valence-corrected chi connectivity index (χ4v) is 2.53. The summed E-state index contributed by atoms with van der Waals surface area (Å²) in [5, 5.41) is 5.80. The fourth-order valence-electron chi connectivity index (χ4n) is 2.53. The van der Waals surface area contributed by atoms with Gasteiger partial charge in [0.15, 0.2) is 0 Å². The van der Waals surface area contributed by atoms with E-state index in [4.69, 9.17) is 5.73 Å². The molecule has 1 aliphatic carbocycles. The van der Waals surface area contributed by atoms with Crippen molar-refractivity contribution in [1.82, 2.24) is 5.32 Å². The summed E-state index contributed by atoms with van der Waals surface area (Å²) in [5.74, 6) is 0.654. The molecule has 4 heteroatoms. The summed E-state index contributed by atoms with van der Waals surface area (Å²) in [6.07, 6.45) is 5.07. The molecule has 1 aromatic carbocycles. The van der Waals surface area contributed by atoms with Crippen molar-refractivity contribution < 1.29 is 4.79 Å². The maximum atomic E-state index is 11.8. The highest BCUT2D eigenvalue weighted by atomic mass is 16.2. The molecule has 4 nitrogen and oxygen atoms in total.